The van der Waals surface area contributed by atoms with Crippen molar-refractivity contribution in [3.8, 4) is 16.9 Å². The molecule has 1 aromatic heterocycles. The number of aromatic nitrogens is 2. The first-order chi connectivity index (χ1) is 39.1. The molecule has 0 radical (unpaired) electrons. The predicted molar refractivity (Wildman–Crippen MR) is 281 cm³/mol. The van der Waals surface area contributed by atoms with E-state index in [-0.39, 0.29) is 77.4 Å². The van der Waals surface area contributed by atoms with Gasteiger partial charge in [-0.3, -0.25) is 18.9 Å². The second-order valence-electron chi connectivity index (χ2n) is 17.2. The molecule has 0 saturated carbocycles. The van der Waals surface area contributed by atoms with E-state index in [4.69, 9.17) is 57.7 Å². The Morgan fingerprint density at radius 2 is 1.11 bits per heavy atom. The number of nitrogens with one attached hydrogen (secondary N) is 1. The fourth-order valence-electron chi connectivity index (χ4n) is 7.09. The van der Waals surface area contributed by atoms with Crippen LogP contribution in [0.1, 0.15) is 50.4 Å². The smallest absolute Gasteiger partial charge is 0.313 e. The number of aliphatic hydroxyl groups is 1. The summed E-state index contributed by atoms with van der Waals surface area (Å²) in [4.78, 5) is 50.4. The molecule has 4 rings (SSSR count). The first kappa shape index (κ1) is 67.8. The van der Waals surface area contributed by atoms with Gasteiger partial charge in [-0.15, -0.1) is 0 Å². The van der Waals surface area contributed by atoms with Crippen molar-refractivity contribution in [1.29, 1.82) is 0 Å². The van der Waals surface area contributed by atoms with E-state index in [0.717, 1.165) is 23.1 Å². The van der Waals surface area contributed by atoms with E-state index in [1.54, 1.807) is 17.3 Å². The summed E-state index contributed by atoms with van der Waals surface area (Å²) in [5.41, 5.74) is 9.74. The number of ether oxygens (including phenoxy) is 11. The number of nitrogens with zero attached hydrogens (tertiary/aromatic N) is 4. The van der Waals surface area contributed by atoms with E-state index >= 15 is 0 Å². The van der Waals surface area contributed by atoms with Gasteiger partial charge in [-0.05, 0) is 30.5 Å². The third-order valence-electron chi connectivity index (χ3n) is 11.0. The Morgan fingerprint density at radius 1 is 0.654 bits per heavy atom. The maximum atomic E-state index is 14.0. The number of aliphatic imine (C=N–C) groups is 1. The Hall–Kier alpha value is -5.67. The number of benzene rings is 2. The van der Waals surface area contributed by atoms with Gasteiger partial charge >= 0.3 is 16.1 Å². The van der Waals surface area contributed by atoms with Crippen molar-refractivity contribution in [2.45, 2.75) is 50.5 Å². The fraction of sp³-hybridized carbons (Fsp3) is 0.577. The van der Waals surface area contributed by atoms with Gasteiger partial charge in [-0.2, -0.15) is 17.2 Å². The molecule has 0 saturated heterocycles. The third-order valence-corrected chi connectivity index (χ3v) is 11.9. The Bertz CT molecular complexity index is 2540. The fourth-order valence-corrected chi connectivity index (χ4v) is 7.72. The Balaban J connectivity index is 0.862. The van der Waals surface area contributed by atoms with Gasteiger partial charge in [0.15, 0.2) is 16.5 Å². The average molecular weight is 1180 g/mol. The van der Waals surface area contributed by atoms with E-state index in [1.165, 1.54) is 0 Å². The van der Waals surface area contributed by atoms with Crippen molar-refractivity contribution in [2.75, 3.05) is 152 Å². The zero-order chi connectivity index (χ0) is 58.7. The molecule has 452 valence electrons. The van der Waals surface area contributed by atoms with Crippen LogP contribution < -0.4 is 15.8 Å². The van der Waals surface area contributed by atoms with Crippen molar-refractivity contribution in [1.82, 2.24) is 20.2 Å². The normalized spacial score (nSPS) is 12.4. The van der Waals surface area contributed by atoms with Gasteiger partial charge in [0.05, 0.1) is 151 Å². The zero-order valence-corrected chi connectivity index (χ0v) is 46.0. The lowest BCUT2D eigenvalue weighted by Gasteiger charge is -2.23. The van der Waals surface area contributed by atoms with Gasteiger partial charge < -0.3 is 73.2 Å². The molecule has 0 atom stereocenters. The summed E-state index contributed by atoms with van der Waals surface area (Å²) in [7, 11) is -5.65. The largest absolute Gasteiger partial charge is 0.420 e. The number of rotatable bonds is 44. The topological polar surface area (TPSA) is 307 Å². The number of carbonyl (C=O) groups excluding carboxylic acids is 3. The highest BCUT2D eigenvalue weighted by molar-refractivity contribution is 7.85. The van der Waals surface area contributed by atoms with Crippen LogP contribution in [0.2, 0.25) is 0 Å². The molecule has 0 fully saturated rings. The summed E-state index contributed by atoms with van der Waals surface area (Å²) in [6.07, 6.45) is 6.26. The summed E-state index contributed by atoms with van der Waals surface area (Å²) < 4.78 is 145. The van der Waals surface area contributed by atoms with Crippen LogP contribution in [0.4, 0.5) is 23.2 Å². The highest BCUT2D eigenvalue weighted by Crippen LogP contribution is 2.34. The van der Waals surface area contributed by atoms with E-state index in [1.807, 2.05) is 31.2 Å². The molecule has 5 N–H and O–H groups in total. The molecule has 0 bridgehead atoms. The molecule has 81 heavy (non-hydrogen) atoms. The van der Waals surface area contributed by atoms with E-state index in [0.29, 0.717) is 135 Å². The predicted octanol–water partition coefficient (Wildman–Crippen LogP) is 3.51. The van der Waals surface area contributed by atoms with Crippen molar-refractivity contribution >= 4 is 45.5 Å². The molecule has 2 heterocycles. The van der Waals surface area contributed by atoms with E-state index in [9.17, 15) is 45.5 Å². The van der Waals surface area contributed by atoms with Gasteiger partial charge in [0, 0.05) is 61.6 Å². The molecular weight excluding hydrogens is 1100 g/mol. The number of nitrogens with two attached hydrogens (primary N) is 1. The molecule has 29 heteroatoms. The minimum Gasteiger partial charge on any atom is -0.420 e. The zero-order valence-electron chi connectivity index (χ0n) is 45.2. The van der Waals surface area contributed by atoms with Crippen molar-refractivity contribution in [3.63, 3.8) is 0 Å². The van der Waals surface area contributed by atoms with Crippen LogP contribution in [0.15, 0.2) is 46.1 Å². The first-order valence-corrected chi connectivity index (χ1v) is 27.6. The Kier molecular flexibility index (Phi) is 32.6. The lowest BCUT2D eigenvalue weighted by Crippen LogP contribution is -2.35. The van der Waals surface area contributed by atoms with Crippen LogP contribution in [-0.4, -0.2) is 208 Å². The molecule has 0 spiro atoms. The quantitative estimate of drug-likeness (QED) is 0.0157. The van der Waals surface area contributed by atoms with Gasteiger partial charge in [0.2, 0.25) is 29.2 Å². The van der Waals surface area contributed by atoms with E-state index < -0.39 is 56.4 Å². The number of aliphatic hydroxyl groups excluding tert-OH is 1. The van der Waals surface area contributed by atoms with Crippen LogP contribution in [0, 0.1) is 23.3 Å². The molecule has 24 nitrogen and oxygen atoms in total. The second-order valence-corrected chi connectivity index (χ2v) is 18.6. The van der Waals surface area contributed by atoms with Gasteiger partial charge in [-0.1, -0.05) is 19.1 Å². The molecule has 3 aromatic rings. The average Bonchev–Trinajstić information content (AvgIpc) is 3.68. The Morgan fingerprint density at radius 3 is 1.56 bits per heavy atom. The van der Waals surface area contributed by atoms with Crippen molar-refractivity contribution in [3.05, 3.63) is 70.8 Å². The summed E-state index contributed by atoms with van der Waals surface area (Å²) in [6, 6.07) is 5.66. The molecule has 0 unspecified atom stereocenters. The Labute approximate surface area is 467 Å². The van der Waals surface area contributed by atoms with E-state index in [2.05, 4.69) is 25.0 Å². The highest BCUT2D eigenvalue weighted by atomic mass is 32.2. The monoisotopic (exact) mass is 1180 g/mol. The van der Waals surface area contributed by atoms with Crippen molar-refractivity contribution in [2.24, 2.45) is 10.7 Å². The summed E-state index contributed by atoms with van der Waals surface area (Å²) >= 11 is 0. The van der Waals surface area contributed by atoms with Crippen LogP contribution in [0.25, 0.3) is 17.2 Å². The maximum absolute atomic E-state index is 14.0. The number of fused-ring (bicyclic) bond motifs is 1. The number of hydrogen-bond donors (Lipinski definition) is 4. The molecular formula is C52H72F4N6O18S. The van der Waals surface area contributed by atoms with Gasteiger partial charge in [-0.25, -0.2) is 23.7 Å². The number of esters is 1. The van der Waals surface area contributed by atoms with Crippen molar-refractivity contribution < 1.29 is 102 Å². The molecule has 1 aliphatic heterocycles. The number of halogens is 4. The van der Waals surface area contributed by atoms with Crippen LogP contribution in [-0.2, 0) is 78.4 Å². The molecule has 2 aromatic carbocycles. The molecule has 1 aliphatic rings. The van der Waals surface area contributed by atoms with Crippen LogP contribution >= 0.6 is 0 Å². The minimum absolute atomic E-state index is 0.00603. The minimum atomic E-state index is -5.65. The lowest BCUT2D eigenvalue weighted by atomic mass is 10.0. The first-order valence-electron chi connectivity index (χ1n) is 26.1. The second kappa shape index (κ2) is 38.9. The number of hydrogen-bond acceptors (Lipinski definition) is 21. The van der Waals surface area contributed by atoms with Crippen LogP contribution in [0.3, 0.4) is 0 Å². The number of carbonyl (C=O) groups is 3. The molecule has 0 aliphatic carbocycles. The standard InChI is InChI=1S/C52H72F4N6O18S/c1-2-8-62(9-3-10-63)52(66)39-31-38-5-4-37(32-41(38)61-42(57)33-39)40-34-58-43(59-35-40)36-60-44(64)6-11-70-13-15-72-17-19-74-21-23-76-25-27-78-29-30-79-28-26-77-24-22-75-20-18-73-16-14-71-12-7-45(65)80-50-46(53)48(55)51(81(67,68)69)49(56)47(50)54/h4-5,31-32,34-35,63H,2-3,6-30,33,36H2,1H3,(H2,57,61)(H,60,64)(H,67,68,69). The maximum Gasteiger partial charge on any atom is 0.313 e. The number of amides is 2. The molecule has 2 amide bonds. The summed E-state index contributed by atoms with van der Waals surface area (Å²) in [6.45, 7) is 8.87. The van der Waals surface area contributed by atoms with Gasteiger partial charge in [0.25, 0.3) is 0 Å². The third kappa shape index (κ3) is 26.0. The lowest BCUT2D eigenvalue weighted by molar-refractivity contribution is -0.136. The van der Waals surface area contributed by atoms with Crippen LogP contribution in [0.5, 0.6) is 5.75 Å². The summed E-state index contributed by atoms with van der Waals surface area (Å²) in [5, 5.41) is 12.1. The highest BCUT2D eigenvalue weighted by Gasteiger charge is 2.34. The van der Waals surface area contributed by atoms with Gasteiger partial charge in [0.1, 0.15) is 11.7 Å². The SMILES string of the molecule is CCCN(CCCO)C(=O)C1=Cc2ccc(-c3cnc(CNC(=O)CCOCCOCCOCCOCCOCCOCCOCCOCCOCCOCCC(=O)Oc4c(F)c(F)c(S(=O)(=O)O)c(F)c4F)nc3)cc2N=C(N)C1. The number of amidine groups is 1. The summed E-state index contributed by atoms with van der Waals surface area (Å²) in [5.74, 6) is -12.2.